The van der Waals surface area contributed by atoms with Gasteiger partial charge in [-0.15, -0.1) is 0 Å². The van der Waals surface area contributed by atoms with E-state index in [0.29, 0.717) is 11.8 Å². The number of fused-ring (bicyclic) bond motifs is 3. The summed E-state index contributed by atoms with van der Waals surface area (Å²) in [6.07, 6.45) is 0. The van der Waals surface area contributed by atoms with Crippen LogP contribution in [0.15, 0.2) is 192 Å². The molecule has 3 nitrogen and oxygen atoms in total. The van der Waals surface area contributed by atoms with Crippen LogP contribution >= 0.6 is 0 Å². The van der Waals surface area contributed by atoms with Crippen LogP contribution in [0.4, 0.5) is 0 Å². The number of aromatic nitrogens is 2. The van der Waals surface area contributed by atoms with Crippen molar-refractivity contribution in [3.63, 3.8) is 0 Å². The van der Waals surface area contributed by atoms with Gasteiger partial charge in [-0.25, -0.2) is 9.97 Å². The molecule has 8 aromatic carbocycles. The first-order valence-electron chi connectivity index (χ1n) is 19.3. The Kier molecular flexibility index (Phi) is 8.34. The minimum absolute atomic E-state index is 0.479. The highest BCUT2D eigenvalue weighted by Gasteiger charge is 2.16. The number of rotatable bonds is 7. The molecule has 266 valence electrons. The van der Waals surface area contributed by atoms with Crippen LogP contribution in [0.1, 0.15) is 25.3 Å². The number of nitrogens with zero attached hydrogens (tertiary/aromatic N) is 2. The number of benzene rings is 8. The minimum Gasteiger partial charge on any atom is -0.436 e. The monoisotopic (exact) mass is 718 g/mol. The van der Waals surface area contributed by atoms with Crippen LogP contribution in [-0.4, -0.2) is 9.97 Å². The molecule has 0 spiro atoms. The Morgan fingerprint density at radius 1 is 0.429 bits per heavy atom. The summed E-state index contributed by atoms with van der Waals surface area (Å²) in [6.45, 7) is 4.41. The first-order chi connectivity index (χ1) is 27.6. The molecule has 0 unspecified atom stereocenters. The largest absolute Gasteiger partial charge is 0.436 e. The second-order valence-electron chi connectivity index (χ2n) is 14.8. The maximum absolute atomic E-state index is 6.30. The van der Waals surface area contributed by atoms with E-state index in [2.05, 4.69) is 196 Å². The van der Waals surface area contributed by atoms with Gasteiger partial charge in [0.2, 0.25) is 5.89 Å². The van der Waals surface area contributed by atoms with Crippen LogP contribution in [0.2, 0.25) is 0 Å². The number of oxazole rings is 1. The minimum atomic E-state index is 0.479. The molecule has 0 saturated carbocycles. The molecule has 0 saturated heterocycles. The first kappa shape index (κ1) is 33.5. The lowest BCUT2D eigenvalue weighted by atomic mass is 9.88. The summed E-state index contributed by atoms with van der Waals surface area (Å²) in [5.41, 5.74) is 15.0. The molecular weight excluding hydrogens is 681 g/mol. The number of pyridine rings is 1. The summed E-state index contributed by atoms with van der Waals surface area (Å²) < 4.78 is 6.30. The maximum atomic E-state index is 6.30. The molecule has 0 radical (unpaired) electrons. The molecule has 0 atom stereocenters. The van der Waals surface area contributed by atoms with Crippen molar-refractivity contribution >= 4 is 32.6 Å². The zero-order chi connectivity index (χ0) is 37.6. The topological polar surface area (TPSA) is 38.9 Å². The Hall–Kier alpha value is -7.10. The predicted octanol–water partition coefficient (Wildman–Crippen LogP) is 14.7. The molecule has 2 aromatic heterocycles. The molecule has 0 bridgehead atoms. The van der Waals surface area contributed by atoms with Crippen molar-refractivity contribution < 1.29 is 4.42 Å². The third-order valence-electron chi connectivity index (χ3n) is 10.9. The molecule has 0 fully saturated rings. The van der Waals surface area contributed by atoms with Crippen molar-refractivity contribution in [1.82, 2.24) is 9.97 Å². The second-order valence-corrected chi connectivity index (χ2v) is 14.8. The third kappa shape index (κ3) is 6.14. The van der Waals surface area contributed by atoms with Crippen molar-refractivity contribution in [3.05, 3.63) is 194 Å². The van der Waals surface area contributed by atoms with Gasteiger partial charge >= 0.3 is 0 Å². The van der Waals surface area contributed by atoms with Crippen LogP contribution < -0.4 is 0 Å². The van der Waals surface area contributed by atoms with Crippen LogP contribution in [0, 0.1) is 0 Å². The molecule has 10 rings (SSSR count). The average Bonchev–Trinajstić information content (AvgIpc) is 3.70. The van der Waals surface area contributed by atoms with E-state index in [9.17, 15) is 0 Å². The Labute approximate surface area is 326 Å². The smallest absolute Gasteiger partial charge is 0.227 e. The maximum Gasteiger partial charge on any atom is 0.227 e. The fourth-order valence-corrected chi connectivity index (χ4v) is 7.90. The van der Waals surface area contributed by atoms with Gasteiger partial charge in [0.1, 0.15) is 5.52 Å². The summed E-state index contributed by atoms with van der Waals surface area (Å²) in [5.74, 6) is 1.12. The van der Waals surface area contributed by atoms with Crippen molar-refractivity contribution in [2.75, 3.05) is 0 Å². The van der Waals surface area contributed by atoms with Crippen LogP contribution in [0.5, 0.6) is 0 Å². The molecule has 10 aromatic rings. The van der Waals surface area contributed by atoms with E-state index < -0.39 is 0 Å². The van der Waals surface area contributed by atoms with E-state index in [4.69, 9.17) is 14.4 Å². The SMILES string of the molecule is CC(C)c1ccc(-c2nc3ccc(-c4ccc(-c5c(-c6cccc(-c7nc(-c8ccccc8)cc8ccccc78)c6)ccc6ccccc56)cc4)cc3o2)cc1. The molecule has 56 heavy (non-hydrogen) atoms. The van der Waals surface area contributed by atoms with Gasteiger partial charge in [0.05, 0.1) is 11.4 Å². The van der Waals surface area contributed by atoms with E-state index in [1.807, 2.05) is 6.07 Å². The van der Waals surface area contributed by atoms with Gasteiger partial charge in [0.15, 0.2) is 5.58 Å². The highest BCUT2D eigenvalue weighted by molar-refractivity contribution is 6.05. The fourth-order valence-electron chi connectivity index (χ4n) is 7.90. The third-order valence-corrected chi connectivity index (χ3v) is 10.9. The van der Waals surface area contributed by atoms with Gasteiger partial charge in [0, 0.05) is 22.1 Å². The lowest BCUT2D eigenvalue weighted by molar-refractivity contribution is 0.620. The summed E-state index contributed by atoms with van der Waals surface area (Å²) in [5, 5.41) is 4.74. The van der Waals surface area contributed by atoms with Gasteiger partial charge in [-0.2, -0.15) is 0 Å². The summed E-state index contributed by atoms with van der Waals surface area (Å²) >= 11 is 0. The highest BCUT2D eigenvalue weighted by atomic mass is 16.3. The Bertz CT molecular complexity index is 3030. The Morgan fingerprint density at radius 2 is 1.09 bits per heavy atom. The zero-order valence-corrected chi connectivity index (χ0v) is 31.3. The quantitative estimate of drug-likeness (QED) is 0.165. The molecule has 0 aliphatic carbocycles. The lowest BCUT2D eigenvalue weighted by Crippen LogP contribution is -1.92. The molecule has 0 aliphatic heterocycles. The number of hydrogen-bond acceptors (Lipinski definition) is 3. The van der Waals surface area contributed by atoms with E-state index in [0.717, 1.165) is 66.8 Å². The van der Waals surface area contributed by atoms with Gasteiger partial charge < -0.3 is 4.42 Å². The summed E-state index contributed by atoms with van der Waals surface area (Å²) in [7, 11) is 0. The standard InChI is InChI=1S/C53H38N2O/c1-34(2)35-19-25-40(26-20-35)53-55-48-30-28-41(33-50(48)56-53)36-21-23-39(24-22-36)51-45-17-8-6-11-37(45)27-29-46(51)42-15-10-16-44(31-42)52-47-18-9-7-14-43(47)32-49(54-52)38-12-4-3-5-13-38/h3-34H,1-2H3. The van der Waals surface area contributed by atoms with E-state index in [-0.39, 0.29) is 0 Å². The van der Waals surface area contributed by atoms with Crippen molar-refractivity contribution in [2.24, 2.45) is 0 Å². The Balaban J connectivity index is 1.04. The second kappa shape index (κ2) is 14.0. The summed E-state index contributed by atoms with van der Waals surface area (Å²) in [4.78, 5) is 10.1. The van der Waals surface area contributed by atoms with Crippen LogP contribution in [0.3, 0.4) is 0 Å². The van der Waals surface area contributed by atoms with Crippen molar-refractivity contribution in [1.29, 1.82) is 0 Å². The fraction of sp³-hybridized carbons (Fsp3) is 0.0566. The van der Waals surface area contributed by atoms with Crippen molar-refractivity contribution in [2.45, 2.75) is 19.8 Å². The van der Waals surface area contributed by atoms with Gasteiger partial charge in [-0.3, -0.25) is 0 Å². The van der Waals surface area contributed by atoms with Crippen LogP contribution in [-0.2, 0) is 0 Å². The van der Waals surface area contributed by atoms with E-state index in [1.165, 1.54) is 32.8 Å². The molecule has 0 amide bonds. The predicted molar refractivity (Wildman–Crippen MR) is 234 cm³/mol. The average molecular weight is 719 g/mol. The zero-order valence-electron chi connectivity index (χ0n) is 31.3. The normalized spacial score (nSPS) is 11.6. The lowest BCUT2D eigenvalue weighted by Gasteiger charge is -2.16. The van der Waals surface area contributed by atoms with E-state index >= 15 is 0 Å². The van der Waals surface area contributed by atoms with E-state index in [1.54, 1.807) is 0 Å². The van der Waals surface area contributed by atoms with Crippen molar-refractivity contribution in [3.8, 4) is 67.3 Å². The first-order valence-corrected chi connectivity index (χ1v) is 19.3. The van der Waals surface area contributed by atoms with Gasteiger partial charge in [-0.1, -0.05) is 166 Å². The molecule has 0 N–H and O–H groups in total. The van der Waals surface area contributed by atoms with Gasteiger partial charge in [0.25, 0.3) is 0 Å². The molecular formula is C53H38N2O. The highest BCUT2D eigenvalue weighted by Crippen LogP contribution is 2.41. The Morgan fingerprint density at radius 3 is 1.89 bits per heavy atom. The van der Waals surface area contributed by atoms with Gasteiger partial charge in [-0.05, 0) is 97.4 Å². The number of hydrogen-bond donors (Lipinski definition) is 0. The molecule has 0 aliphatic rings. The molecule has 2 heterocycles. The van der Waals surface area contributed by atoms with Crippen LogP contribution in [0.25, 0.3) is 100.0 Å². The molecule has 3 heteroatoms. The summed E-state index contributed by atoms with van der Waals surface area (Å²) in [6, 6.07) is 66.9.